The average molecular weight is 164 g/mol. The number of H-pyrrole nitrogens is 2. The molecule has 0 aliphatic heterocycles. The van der Waals surface area contributed by atoms with Gasteiger partial charge in [0.2, 0.25) is 0 Å². The second-order valence-electron chi connectivity index (χ2n) is 1.87. The van der Waals surface area contributed by atoms with Crippen molar-refractivity contribution in [1.29, 1.82) is 0 Å². The lowest BCUT2D eigenvalue weighted by molar-refractivity contribution is 1.06. The second-order valence-corrected chi connectivity index (χ2v) is 1.87. The first-order chi connectivity index (χ1) is 5.89. The lowest BCUT2D eigenvalue weighted by Crippen LogP contribution is -1.93. The van der Waals surface area contributed by atoms with Crippen LogP contribution in [-0.4, -0.2) is 20.2 Å². The highest BCUT2D eigenvalue weighted by molar-refractivity contribution is 4.75. The van der Waals surface area contributed by atoms with Crippen molar-refractivity contribution in [1.82, 2.24) is 20.2 Å². The van der Waals surface area contributed by atoms with E-state index in [9.17, 15) is 4.79 Å². The fraction of sp³-hybridized carbons (Fsp3) is 0. The highest BCUT2D eigenvalue weighted by Gasteiger charge is 1.70. The zero-order valence-corrected chi connectivity index (χ0v) is 6.27. The predicted molar refractivity (Wildman–Crippen MR) is 43.4 cm³/mol. The van der Waals surface area contributed by atoms with Gasteiger partial charge in [-0.15, -0.1) is 0 Å². The van der Waals surface area contributed by atoms with Crippen LogP contribution in [0.2, 0.25) is 0 Å². The van der Waals surface area contributed by atoms with E-state index >= 15 is 0 Å². The normalized spacial score (nSPS) is 8.33. The maximum Gasteiger partial charge on any atom is 0.263 e. The lowest BCUT2D eigenvalue weighted by atomic mass is 10.7. The predicted octanol–water partition coefficient (Wildman–Crippen LogP) is 0.180. The molecule has 2 N–H and O–H groups in total. The van der Waals surface area contributed by atoms with Crippen molar-refractivity contribution < 1.29 is 0 Å². The zero-order chi connectivity index (χ0) is 8.65. The molecule has 0 saturated heterocycles. The summed E-state index contributed by atoms with van der Waals surface area (Å²) in [6.07, 6.45) is 6.42. The molecule has 0 atom stereocenters. The summed E-state index contributed by atoms with van der Waals surface area (Å²) >= 11 is 0. The van der Waals surface area contributed by atoms with E-state index in [4.69, 9.17) is 0 Å². The molecule has 2 aromatic heterocycles. The number of rotatable bonds is 0. The van der Waals surface area contributed by atoms with E-state index < -0.39 is 0 Å². The molecule has 0 bridgehead atoms. The molecule has 0 aliphatic rings. The molecule has 0 saturated carbocycles. The maximum absolute atomic E-state index is 9.98. The Kier molecular flexibility index (Phi) is 3.30. The highest BCUT2D eigenvalue weighted by atomic mass is 16.1. The van der Waals surface area contributed by atoms with Gasteiger partial charge in [0.15, 0.2) is 0 Å². The quantitative estimate of drug-likeness (QED) is 0.583. The van der Waals surface area contributed by atoms with Crippen molar-refractivity contribution in [3.63, 3.8) is 0 Å². The highest BCUT2D eigenvalue weighted by Crippen LogP contribution is 1.66. The Morgan fingerprint density at radius 1 is 1.25 bits per heavy atom. The van der Waals surface area contributed by atoms with E-state index in [1.807, 2.05) is 0 Å². The molecule has 5 nitrogen and oxygen atoms in total. The van der Waals surface area contributed by atoms with Crippen molar-refractivity contribution in [3.05, 3.63) is 47.4 Å². The van der Waals surface area contributed by atoms with Crippen molar-refractivity contribution >= 4 is 0 Å². The molecule has 0 amide bonds. The number of nitrogens with zero attached hydrogens (tertiary/aromatic N) is 2. The van der Waals surface area contributed by atoms with Gasteiger partial charge >= 0.3 is 0 Å². The van der Waals surface area contributed by atoms with Crippen molar-refractivity contribution in [2.75, 3.05) is 0 Å². The van der Waals surface area contributed by atoms with Gasteiger partial charge in [-0.1, -0.05) is 0 Å². The second kappa shape index (κ2) is 4.84. The lowest BCUT2D eigenvalue weighted by Gasteiger charge is -1.70. The Labute approximate surface area is 68.5 Å². The fourth-order valence-electron chi connectivity index (χ4n) is 0.525. The number of aromatic amines is 2. The van der Waals surface area contributed by atoms with Crippen LogP contribution in [0.3, 0.4) is 0 Å². The van der Waals surface area contributed by atoms with E-state index in [0.29, 0.717) is 0 Å². The third-order valence-electron chi connectivity index (χ3n) is 0.991. The van der Waals surface area contributed by atoms with Gasteiger partial charge in [0.25, 0.3) is 5.56 Å². The first-order valence-electron chi connectivity index (χ1n) is 3.31. The van der Waals surface area contributed by atoms with E-state index in [1.54, 1.807) is 24.7 Å². The molecule has 0 aliphatic carbocycles. The Morgan fingerprint density at radius 2 is 2.00 bits per heavy atom. The van der Waals surface area contributed by atoms with Gasteiger partial charge in [-0.05, 0) is 6.07 Å². The molecule has 12 heavy (non-hydrogen) atoms. The first-order valence-corrected chi connectivity index (χ1v) is 3.31. The maximum atomic E-state index is 9.98. The molecule has 2 rings (SSSR count). The Hall–Kier alpha value is -1.91. The molecule has 0 radical (unpaired) electrons. The molecule has 5 heteroatoms. The topological polar surface area (TPSA) is 74.4 Å². The summed E-state index contributed by atoms with van der Waals surface area (Å²) in [6.45, 7) is 0. The largest absolute Gasteiger partial charge is 0.305 e. The monoisotopic (exact) mass is 164 g/mol. The molecule has 0 unspecified atom stereocenters. The van der Waals surface area contributed by atoms with Crippen molar-refractivity contribution in [3.8, 4) is 0 Å². The average Bonchev–Trinajstić information content (AvgIpc) is 2.60. The smallest absolute Gasteiger partial charge is 0.263 e. The summed E-state index contributed by atoms with van der Waals surface area (Å²) in [7, 11) is 0. The fourth-order valence-corrected chi connectivity index (χ4v) is 0.525. The minimum absolute atomic E-state index is 0.0880. The minimum atomic E-state index is -0.0880. The summed E-state index contributed by atoms with van der Waals surface area (Å²) in [5, 5.41) is 4.81. The number of hydrogen-bond acceptors (Lipinski definition) is 3. The summed E-state index contributed by atoms with van der Waals surface area (Å²) in [6, 6.07) is 3.19. The van der Waals surface area contributed by atoms with Gasteiger partial charge in [-0.3, -0.25) is 9.89 Å². The summed E-state index contributed by atoms with van der Waals surface area (Å²) in [5.74, 6) is 0. The van der Waals surface area contributed by atoms with Crippen LogP contribution in [0.15, 0.2) is 41.8 Å². The number of aromatic nitrogens is 4. The molecular formula is C7H8N4O. The van der Waals surface area contributed by atoms with Crippen LogP contribution in [0.4, 0.5) is 0 Å². The van der Waals surface area contributed by atoms with Gasteiger partial charge < -0.3 is 5.10 Å². The summed E-state index contributed by atoms with van der Waals surface area (Å²) in [5.41, 5.74) is -0.0880. The molecule has 2 aromatic rings. The number of hydrogen-bond donors (Lipinski definition) is 2. The molecule has 62 valence electrons. The third kappa shape index (κ3) is 3.31. The van der Waals surface area contributed by atoms with Gasteiger partial charge in [-0.2, -0.15) is 0 Å². The number of nitrogens with one attached hydrogen (secondary N) is 2. The SMILES string of the molecule is O=c1cc[nH][nH]1.c1cncnc1. The van der Waals surface area contributed by atoms with E-state index in [0.717, 1.165) is 0 Å². The van der Waals surface area contributed by atoms with Gasteiger partial charge in [0.1, 0.15) is 6.33 Å². The van der Waals surface area contributed by atoms with Crippen LogP contribution >= 0.6 is 0 Å². The van der Waals surface area contributed by atoms with Crippen molar-refractivity contribution in [2.45, 2.75) is 0 Å². The van der Waals surface area contributed by atoms with Gasteiger partial charge in [-0.25, -0.2) is 9.97 Å². The minimum Gasteiger partial charge on any atom is -0.305 e. The Balaban J connectivity index is 0.000000120. The van der Waals surface area contributed by atoms with Crippen LogP contribution in [0.5, 0.6) is 0 Å². The van der Waals surface area contributed by atoms with Gasteiger partial charge in [0.05, 0.1) is 0 Å². The molecular weight excluding hydrogens is 156 g/mol. The van der Waals surface area contributed by atoms with E-state index in [2.05, 4.69) is 20.2 Å². The Bertz CT molecular complexity index is 296. The van der Waals surface area contributed by atoms with Crippen LogP contribution in [-0.2, 0) is 0 Å². The molecule has 0 aromatic carbocycles. The summed E-state index contributed by atoms with van der Waals surface area (Å²) in [4.78, 5) is 17.3. The van der Waals surface area contributed by atoms with Crippen molar-refractivity contribution in [2.24, 2.45) is 0 Å². The molecule has 0 fully saturated rings. The standard InChI is InChI=1S/C4H4N2.C3H4N2O/c1-2-5-4-6-3-1;6-3-1-2-4-5-3/h1-4H;1-2H,(H2,4,5,6). The first kappa shape index (κ1) is 8.19. The molecule has 2 heterocycles. The van der Waals surface area contributed by atoms with Gasteiger partial charge in [0, 0.05) is 24.7 Å². The zero-order valence-electron chi connectivity index (χ0n) is 6.27. The van der Waals surface area contributed by atoms with E-state index in [-0.39, 0.29) is 5.56 Å². The van der Waals surface area contributed by atoms with Crippen LogP contribution in [0.1, 0.15) is 0 Å². The summed E-state index contributed by atoms with van der Waals surface area (Å²) < 4.78 is 0. The van der Waals surface area contributed by atoms with Crippen LogP contribution in [0.25, 0.3) is 0 Å². The Morgan fingerprint density at radius 3 is 2.17 bits per heavy atom. The van der Waals surface area contributed by atoms with Crippen LogP contribution < -0.4 is 5.56 Å². The third-order valence-corrected chi connectivity index (χ3v) is 0.991. The van der Waals surface area contributed by atoms with E-state index in [1.165, 1.54) is 12.4 Å². The van der Waals surface area contributed by atoms with Crippen LogP contribution in [0, 0.1) is 0 Å². The molecule has 0 spiro atoms.